The molecule has 0 aliphatic carbocycles. The van der Waals surface area contributed by atoms with Gasteiger partial charge in [0.15, 0.2) is 6.29 Å². The highest BCUT2D eigenvalue weighted by Crippen LogP contribution is 2.37. The number of pyridine rings is 2. The van der Waals surface area contributed by atoms with Crippen molar-refractivity contribution in [3.63, 3.8) is 0 Å². The molecule has 0 bridgehead atoms. The van der Waals surface area contributed by atoms with Crippen molar-refractivity contribution < 1.29 is 19.1 Å². The van der Waals surface area contributed by atoms with Crippen molar-refractivity contribution in [2.45, 2.75) is 18.9 Å². The van der Waals surface area contributed by atoms with Gasteiger partial charge in [0, 0.05) is 19.4 Å². The Morgan fingerprint density at radius 1 is 1.46 bits per heavy atom. The van der Waals surface area contributed by atoms with Crippen LogP contribution in [0.1, 0.15) is 39.8 Å². The van der Waals surface area contributed by atoms with Gasteiger partial charge in [-0.15, -0.1) is 0 Å². The van der Waals surface area contributed by atoms with Gasteiger partial charge < -0.3 is 15.2 Å². The first kappa shape index (κ1) is 19.3. The number of anilines is 1. The lowest BCUT2D eigenvalue weighted by molar-refractivity contribution is 0.111. The lowest BCUT2D eigenvalue weighted by atomic mass is 9.95. The predicted octanol–water partition coefficient (Wildman–Crippen LogP) is 1.76. The van der Waals surface area contributed by atoms with E-state index in [0.29, 0.717) is 43.0 Å². The lowest BCUT2D eigenvalue weighted by Gasteiger charge is -2.34. The number of hydrogen-bond acceptors (Lipinski definition) is 7. The van der Waals surface area contributed by atoms with Crippen molar-refractivity contribution in [3.05, 3.63) is 46.9 Å². The molecule has 0 spiro atoms. The van der Waals surface area contributed by atoms with Gasteiger partial charge in [0.25, 0.3) is 0 Å². The quantitative estimate of drug-likeness (QED) is 0.595. The van der Waals surface area contributed by atoms with Crippen LogP contribution in [0.2, 0.25) is 0 Å². The third kappa shape index (κ3) is 3.77. The maximum atomic E-state index is 12.2. The van der Waals surface area contributed by atoms with Crippen LogP contribution in [-0.4, -0.2) is 42.6 Å². The van der Waals surface area contributed by atoms with E-state index < -0.39 is 12.1 Å². The summed E-state index contributed by atoms with van der Waals surface area (Å²) < 4.78 is 10.6. The van der Waals surface area contributed by atoms with Gasteiger partial charge in [-0.05, 0) is 24.5 Å². The van der Waals surface area contributed by atoms with Crippen molar-refractivity contribution >= 4 is 18.1 Å². The molecule has 0 radical (unpaired) electrons. The van der Waals surface area contributed by atoms with Gasteiger partial charge in [0.1, 0.15) is 35.5 Å². The fourth-order valence-electron chi connectivity index (χ4n) is 3.14. The monoisotopic (exact) mass is 381 g/mol. The molecule has 144 valence electrons. The molecule has 1 atom stereocenters. The first-order valence-electron chi connectivity index (χ1n) is 8.64. The molecular weight excluding hydrogens is 362 g/mol. The number of aldehydes is 1. The standard InChI is InChI=1S/C19H19N5O4/c1-27-6-7-28-17-8-15(22-10-13(17)9-20)16-5-3-12-2-4-14(11-25)23-18(12)24(16)19(21)26/h2,4,8,10-11,16H,3,5-7H2,1H3,(H2,21,26). The summed E-state index contributed by atoms with van der Waals surface area (Å²) in [7, 11) is 1.55. The minimum Gasteiger partial charge on any atom is -0.490 e. The second-order valence-electron chi connectivity index (χ2n) is 6.16. The van der Waals surface area contributed by atoms with Crippen molar-refractivity contribution in [2.75, 3.05) is 25.2 Å². The number of hydrogen-bond donors (Lipinski definition) is 1. The topological polar surface area (TPSA) is 131 Å². The summed E-state index contributed by atoms with van der Waals surface area (Å²) in [5.74, 6) is 0.704. The van der Waals surface area contributed by atoms with Crippen LogP contribution >= 0.6 is 0 Å². The number of carbonyl (C=O) groups is 2. The fraction of sp³-hybridized carbons (Fsp3) is 0.316. The molecule has 0 saturated heterocycles. The molecule has 1 aliphatic rings. The molecule has 2 aromatic heterocycles. The van der Waals surface area contributed by atoms with Crippen LogP contribution in [0.5, 0.6) is 5.75 Å². The number of carbonyl (C=O) groups excluding carboxylic acids is 2. The zero-order valence-electron chi connectivity index (χ0n) is 15.3. The van der Waals surface area contributed by atoms with Gasteiger partial charge >= 0.3 is 6.03 Å². The zero-order valence-corrected chi connectivity index (χ0v) is 15.3. The molecule has 2 N–H and O–H groups in total. The molecule has 0 fully saturated rings. The Hall–Kier alpha value is -3.51. The Labute approximate surface area is 161 Å². The van der Waals surface area contributed by atoms with Crippen LogP contribution in [-0.2, 0) is 11.2 Å². The molecule has 1 unspecified atom stereocenters. The molecule has 28 heavy (non-hydrogen) atoms. The number of aryl methyl sites for hydroxylation is 1. The molecule has 3 rings (SSSR count). The molecule has 3 heterocycles. The Morgan fingerprint density at radius 3 is 2.96 bits per heavy atom. The average molecular weight is 381 g/mol. The summed E-state index contributed by atoms with van der Waals surface area (Å²) in [6, 6.07) is 5.84. The number of aromatic nitrogens is 2. The maximum Gasteiger partial charge on any atom is 0.321 e. The summed E-state index contributed by atoms with van der Waals surface area (Å²) in [4.78, 5) is 33.2. The molecular formula is C19H19N5O4. The van der Waals surface area contributed by atoms with Crippen LogP contribution in [0.3, 0.4) is 0 Å². The minimum absolute atomic E-state index is 0.210. The van der Waals surface area contributed by atoms with E-state index in [2.05, 4.69) is 9.97 Å². The summed E-state index contributed by atoms with van der Waals surface area (Å²) in [5, 5.41) is 9.28. The lowest BCUT2D eigenvalue weighted by Crippen LogP contribution is -2.43. The van der Waals surface area contributed by atoms with E-state index in [1.165, 1.54) is 11.1 Å². The van der Waals surface area contributed by atoms with E-state index in [1.54, 1.807) is 25.3 Å². The first-order chi connectivity index (χ1) is 13.6. The van der Waals surface area contributed by atoms with Gasteiger partial charge in [-0.1, -0.05) is 6.07 Å². The van der Waals surface area contributed by atoms with Crippen molar-refractivity contribution in [3.8, 4) is 11.8 Å². The number of rotatable bonds is 6. The Kier molecular flexibility index (Phi) is 5.81. The maximum absolute atomic E-state index is 12.2. The molecule has 0 saturated carbocycles. The Morgan fingerprint density at radius 2 is 2.29 bits per heavy atom. The van der Waals surface area contributed by atoms with Crippen molar-refractivity contribution in [1.29, 1.82) is 5.26 Å². The molecule has 9 nitrogen and oxygen atoms in total. The number of nitrogens with two attached hydrogens (primary N) is 1. The molecule has 9 heteroatoms. The molecule has 1 aliphatic heterocycles. The third-order valence-electron chi connectivity index (χ3n) is 4.46. The summed E-state index contributed by atoms with van der Waals surface area (Å²) in [6.07, 6.45) is 3.22. The largest absolute Gasteiger partial charge is 0.490 e. The van der Waals surface area contributed by atoms with E-state index >= 15 is 0 Å². The van der Waals surface area contributed by atoms with Crippen molar-refractivity contribution in [1.82, 2.24) is 9.97 Å². The minimum atomic E-state index is -0.700. The third-order valence-corrected chi connectivity index (χ3v) is 4.46. The van der Waals surface area contributed by atoms with Gasteiger partial charge in [-0.2, -0.15) is 5.26 Å². The van der Waals surface area contributed by atoms with Crippen LogP contribution in [0.4, 0.5) is 10.6 Å². The summed E-state index contributed by atoms with van der Waals surface area (Å²) >= 11 is 0. The first-order valence-corrected chi connectivity index (χ1v) is 8.64. The highest BCUT2D eigenvalue weighted by Gasteiger charge is 2.33. The van der Waals surface area contributed by atoms with Gasteiger partial charge in [-0.25, -0.2) is 9.78 Å². The van der Waals surface area contributed by atoms with Crippen LogP contribution in [0.25, 0.3) is 0 Å². The Bertz CT molecular complexity index is 940. The van der Waals surface area contributed by atoms with E-state index in [-0.39, 0.29) is 17.9 Å². The summed E-state index contributed by atoms with van der Waals surface area (Å²) in [6.45, 7) is 0.636. The fourth-order valence-corrected chi connectivity index (χ4v) is 3.14. The number of urea groups is 1. The summed E-state index contributed by atoms with van der Waals surface area (Å²) in [5.41, 5.74) is 7.46. The van der Waals surface area contributed by atoms with E-state index in [0.717, 1.165) is 5.56 Å². The van der Waals surface area contributed by atoms with Crippen molar-refractivity contribution in [2.24, 2.45) is 5.73 Å². The van der Waals surface area contributed by atoms with Gasteiger partial charge in [0.05, 0.1) is 18.3 Å². The number of nitrogens with zero attached hydrogens (tertiary/aromatic N) is 4. The van der Waals surface area contributed by atoms with Gasteiger partial charge in [0.2, 0.25) is 0 Å². The van der Waals surface area contributed by atoms with Crippen LogP contribution < -0.4 is 15.4 Å². The second kappa shape index (κ2) is 8.45. The number of amides is 2. The predicted molar refractivity (Wildman–Crippen MR) is 99.1 cm³/mol. The highest BCUT2D eigenvalue weighted by atomic mass is 16.5. The van der Waals surface area contributed by atoms with Crippen LogP contribution in [0, 0.1) is 11.3 Å². The van der Waals surface area contributed by atoms with E-state index in [1.807, 2.05) is 6.07 Å². The number of fused-ring (bicyclic) bond motifs is 1. The molecule has 2 aromatic rings. The van der Waals surface area contributed by atoms with E-state index in [4.69, 9.17) is 15.2 Å². The highest BCUT2D eigenvalue weighted by molar-refractivity contribution is 5.92. The van der Waals surface area contributed by atoms with Crippen LogP contribution in [0.15, 0.2) is 24.4 Å². The molecule has 0 aromatic carbocycles. The average Bonchev–Trinajstić information content (AvgIpc) is 2.72. The Balaban J connectivity index is 2.00. The number of nitriles is 1. The smallest absolute Gasteiger partial charge is 0.321 e. The normalized spacial score (nSPS) is 15.4. The van der Waals surface area contributed by atoms with E-state index in [9.17, 15) is 14.9 Å². The number of ether oxygens (including phenoxy) is 2. The second-order valence-corrected chi connectivity index (χ2v) is 6.16. The van der Waals surface area contributed by atoms with Gasteiger partial charge in [-0.3, -0.25) is 14.7 Å². The SMILES string of the molecule is COCCOc1cc(C2CCc3ccc(C=O)nc3N2C(N)=O)ncc1C#N. The number of methoxy groups -OCH3 is 1. The zero-order chi connectivity index (χ0) is 20.1. The number of primary amides is 1. The molecule has 2 amide bonds.